The average Bonchev–Trinajstić information content (AvgIpc) is 2.56. The van der Waals surface area contributed by atoms with Crippen molar-refractivity contribution in [1.29, 1.82) is 0 Å². The first-order valence-electron chi connectivity index (χ1n) is 10.1. The van der Waals surface area contributed by atoms with Crippen molar-refractivity contribution in [3.8, 4) is 0 Å². The number of urea groups is 1. The Morgan fingerprint density at radius 2 is 1.83 bits per heavy atom. The minimum absolute atomic E-state index is 0.0510. The summed E-state index contributed by atoms with van der Waals surface area (Å²) < 4.78 is 5.21. The Morgan fingerprint density at radius 1 is 1.17 bits per heavy atom. The molecule has 0 fully saturated rings. The maximum atomic E-state index is 12.9. The molecule has 0 saturated heterocycles. The number of benzene rings is 1. The van der Waals surface area contributed by atoms with Crippen LogP contribution in [0.1, 0.15) is 46.6 Å². The lowest BCUT2D eigenvalue weighted by atomic mass is 9.91. The molecule has 0 heterocycles. The molecule has 164 valence electrons. The van der Waals surface area contributed by atoms with Gasteiger partial charge < -0.3 is 25.2 Å². The van der Waals surface area contributed by atoms with E-state index in [1.807, 2.05) is 55.9 Å². The van der Waals surface area contributed by atoms with Gasteiger partial charge in [-0.1, -0.05) is 20.8 Å². The fourth-order valence-corrected chi connectivity index (χ4v) is 2.92. The van der Waals surface area contributed by atoms with Crippen molar-refractivity contribution in [2.75, 3.05) is 44.6 Å². The fraction of sp³-hybridized carbons (Fsp3) is 0.636. The van der Waals surface area contributed by atoms with Crippen molar-refractivity contribution in [2.45, 2.75) is 53.6 Å². The number of amides is 3. The van der Waals surface area contributed by atoms with E-state index in [-0.39, 0.29) is 23.4 Å². The summed E-state index contributed by atoms with van der Waals surface area (Å²) in [5.41, 5.74) is 2.57. The van der Waals surface area contributed by atoms with Crippen molar-refractivity contribution in [3.05, 3.63) is 23.8 Å². The Kier molecular flexibility index (Phi) is 9.43. The molecule has 29 heavy (non-hydrogen) atoms. The molecule has 0 atom stereocenters. The van der Waals surface area contributed by atoms with Gasteiger partial charge in [-0.15, -0.1) is 0 Å². The molecule has 0 unspecified atom stereocenters. The van der Waals surface area contributed by atoms with E-state index in [9.17, 15) is 9.59 Å². The molecule has 0 bridgehead atoms. The van der Waals surface area contributed by atoms with Gasteiger partial charge in [0.05, 0.1) is 6.61 Å². The minimum atomic E-state index is -0.247. The van der Waals surface area contributed by atoms with Crippen LogP contribution in [0.3, 0.4) is 0 Å². The summed E-state index contributed by atoms with van der Waals surface area (Å²) in [5.74, 6) is 0.0927. The summed E-state index contributed by atoms with van der Waals surface area (Å²) in [7, 11) is 5.57. The molecule has 7 nitrogen and oxygen atoms in total. The van der Waals surface area contributed by atoms with Crippen LogP contribution in [0.25, 0.3) is 0 Å². The molecule has 1 aromatic rings. The molecule has 0 radical (unpaired) electrons. The molecule has 3 amide bonds. The highest BCUT2D eigenvalue weighted by Gasteiger charge is 2.22. The number of rotatable bonds is 9. The second-order valence-electron chi connectivity index (χ2n) is 9.04. The van der Waals surface area contributed by atoms with Crippen molar-refractivity contribution in [1.82, 2.24) is 10.2 Å². The van der Waals surface area contributed by atoms with Crippen LogP contribution in [0, 0.1) is 5.41 Å². The second-order valence-corrected chi connectivity index (χ2v) is 9.04. The molecule has 0 aliphatic carbocycles. The highest BCUT2D eigenvalue weighted by molar-refractivity contribution is 5.90. The first-order chi connectivity index (χ1) is 13.4. The lowest BCUT2D eigenvalue weighted by Gasteiger charge is -2.28. The van der Waals surface area contributed by atoms with E-state index in [1.165, 1.54) is 0 Å². The quantitative estimate of drug-likeness (QED) is 0.656. The number of hydrogen-bond acceptors (Lipinski definition) is 4. The Bertz CT molecular complexity index is 681. The topological polar surface area (TPSA) is 73.9 Å². The number of hydrogen-bond donors (Lipinski definition) is 2. The molecular formula is C22H38N4O3. The average molecular weight is 407 g/mol. The molecule has 1 aromatic carbocycles. The van der Waals surface area contributed by atoms with Crippen LogP contribution >= 0.6 is 0 Å². The number of anilines is 2. The van der Waals surface area contributed by atoms with Crippen molar-refractivity contribution in [2.24, 2.45) is 5.41 Å². The van der Waals surface area contributed by atoms with E-state index >= 15 is 0 Å². The zero-order chi connectivity index (χ0) is 22.2. The van der Waals surface area contributed by atoms with E-state index in [0.29, 0.717) is 31.8 Å². The van der Waals surface area contributed by atoms with Crippen LogP contribution in [0.2, 0.25) is 0 Å². The Hall–Kier alpha value is -2.28. The van der Waals surface area contributed by atoms with Crippen molar-refractivity contribution < 1.29 is 14.3 Å². The van der Waals surface area contributed by atoms with Gasteiger partial charge in [-0.05, 0) is 43.0 Å². The molecule has 0 aromatic heterocycles. The molecule has 0 saturated carbocycles. The van der Waals surface area contributed by atoms with Gasteiger partial charge in [0.1, 0.15) is 0 Å². The van der Waals surface area contributed by atoms with Gasteiger partial charge in [-0.2, -0.15) is 0 Å². The van der Waals surface area contributed by atoms with Gasteiger partial charge >= 0.3 is 6.03 Å². The lowest BCUT2D eigenvalue weighted by molar-refractivity contribution is -0.134. The van der Waals surface area contributed by atoms with Crippen molar-refractivity contribution in [3.63, 3.8) is 0 Å². The number of nitrogens with zero attached hydrogens (tertiary/aromatic N) is 2. The van der Waals surface area contributed by atoms with Gasteiger partial charge in [0.2, 0.25) is 5.91 Å². The molecular weight excluding hydrogens is 368 g/mol. The third kappa shape index (κ3) is 9.17. The first-order valence-corrected chi connectivity index (χ1v) is 10.1. The zero-order valence-electron chi connectivity index (χ0n) is 19.3. The first kappa shape index (κ1) is 24.8. The van der Waals surface area contributed by atoms with E-state index in [4.69, 9.17) is 4.74 Å². The van der Waals surface area contributed by atoms with Crippen LogP contribution in [-0.2, 0) is 16.1 Å². The van der Waals surface area contributed by atoms with Gasteiger partial charge in [-0.25, -0.2) is 4.79 Å². The number of carbonyl (C=O) groups excluding carboxylic acids is 2. The van der Waals surface area contributed by atoms with Crippen LogP contribution in [0.15, 0.2) is 18.2 Å². The smallest absolute Gasteiger partial charge is 0.319 e. The maximum Gasteiger partial charge on any atom is 0.319 e. The van der Waals surface area contributed by atoms with E-state index in [1.54, 1.807) is 7.11 Å². The Morgan fingerprint density at radius 3 is 2.34 bits per heavy atom. The normalized spacial score (nSPS) is 11.3. The molecule has 0 spiro atoms. The standard InChI is InChI=1S/C22H38N4O3/c1-16(2)23-21(28)24-18-9-10-19(25(6)7)17(13-18)15-26(11-12-29-8)20(27)14-22(3,4)5/h9-10,13,16H,11-12,14-15H2,1-8H3,(H2,23,24,28). The van der Waals surface area contributed by atoms with Gasteiger partial charge in [-0.3, -0.25) is 4.79 Å². The van der Waals surface area contributed by atoms with Gasteiger partial charge in [0.25, 0.3) is 0 Å². The molecule has 0 aliphatic rings. The monoisotopic (exact) mass is 406 g/mol. The molecule has 7 heteroatoms. The summed E-state index contributed by atoms with van der Waals surface area (Å²) in [6.45, 7) is 11.4. The maximum absolute atomic E-state index is 12.9. The van der Waals surface area contributed by atoms with E-state index in [2.05, 4.69) is 31.4 Å². The Labute approximate surface area is 175 Å². The second kappa shape index (κ2) is 11.0. The van der Waals surface area contributed by atoms with E-state index in [0.717, 1.165) is 11.3 Å². The van der Waals surface area contributed by atoms with Crippen LogP contribution < -0.4 is 15.5 Å². The number of carbonyl (C=O) groups is 2. The predicted octanol–water partition coefficient (Wildman–Crippen LogP) is 3.69. The van der Waals surface area contributed by atoms with Gasteiger partial charge in [0, 0.05) is 58.1 Å². The molecule has 0 aliphatic heterocycles. The summed E-state index contributed by atoms with van der Waals surface area (Å²) >= 11 is 0. The molecule has 2 N–H and O–H groups in total. The van der Waals surface area contributed by atoms with Gasteiger partial charge in [0.15, 0.2) is 0 Å². The number of ether oxygens (including phenoxy) is 1. The summed E-state index contributed by atoms with van der Waals surface area (Å²) in [4.78, 5) is 28.8. The lowest BCUT2D eigenvalue weighted by Crippen LogP contribution is -2.36. The Balaban J connectivity index is 3.12. The fourth-order valence-electron chi connectivity index (χ4n) is 2.92. The number of nitrogens with one attached hydrogen (secondary N) is 2. The number of methoxy groups -OCH3 is 1. The predicted molar refractivity (Wildman–Crippen MR) is 119 cm³/mol. The summed E-state index contributed by atoms with van der Waals surface area (Å²) in [5, 5.41) is 5.69. The highest BCUT2D eigenvalue weighted by atomic mass is 16.5. The zero-order valence-corrected chi connectivity index (χ0v) is 19.3. The third-order valence-electron chi connectivity index (χ3n) is 4.20. The SMILES string of the molecule is COCCN(Cc1cc(NC(=O)NC(C)C)ccc1N(C)C)C(=O)CC(C)(C)C. The summed E-state index contributed by atoms with van der Waals surface area (Å²) in [6, 6.07) is 5.57. The van der Waals surface area contributed by atoms with E-state index < -0.39 is 0 Å². The van der Waals surface area contributed by atoms with Crippen LogP contribution in [0.4, 0.5) is 16.2 Å². The summed E-state index contributed by atoms with van der Waals surface area (Å²) in [6.07, 6.45) is 0.461. The third-order valence-corrected chi connectivity index (χ3v) is 4.20. The highest BCUT2D eigenvalue weighted by Crippen LogP contribution is 2.26. The van der Waals surface area contributed by atoms with Crippen LogP contribution in [0.5, 0.6) is 0 Å². The van der Waals surface area contributed by atoms with Crippen LogP contribution in [-0.4, -0.2) is 57.2 Å². The minimum Gasteiger partial charge on any atom is -0.383 e. The largest absolute Gasteiger partial charge is 0.383 e. The van der Waals surface area contributed by atoms with Crippen molar-refractivity contribution >= 4 is 23.3 Å². The molecule has 1 rings (SSSR count).